The minimum atomic E-state index is 0.269. The third-order valence-corrected chi connectivity index (χ3v) is 3.48. The molecule has 0 spiro atoms. The summed E-state index contributed by atoms with van der Waals surface area (Å²) in [6.07, 6.45) is 8.80. The number of amidine groups is 1. The Morgan fingerprint density at radius 3 is 2.89 bits per heavy atom. The molecule has 0 bridgehead atoms. The highest BCUT2D eigenvalue weighted by molar-refractivity contribution is 5.81. The molecule has 1 aromatic heterocycles. The standard InChI is InChI=1S/C12H21N5O/c1-16-7-10(6-14-16)8-17(9-12(13)15-18)11-4-2-3-5-11/h6-7,11,18H,2-5,8-9H2,1H3,(H2,13,15). The Morgan fingerprint density at radius 2 is 2.33 bits per heavy atom. The predicted molar refractivity (Wildman–Crippen MR) is 69.3 cm³/mol. The zero-order valence-corrected chi connectivity index (χ0v) is 10.8. The fourth-order valence-electron chi connectivity index (χ4n) is 2.61. The molecule has 0 aliphatic heterocycles. The lowest BCUT2D eigenvalue weighted by atomic mass is 10.2. The Kier molecular flexibility index (Phi) is 4.19. The molecule has 2 rings (SSSR count). The largest absolute Gasteiger partial charge is 0.409 e. The Morgan fingerprint density at radius 1 is 1.61 bits per heavy atom. The summed E-state index contributed by atoms with van der Waals surface area (Å²) in [4.78, 5) is 2.28. The highest BCUT2D eigenvalue weighted by atomic mass is 16.4. The summed E-state index contributed by atoms with van der Waals surface area (Å²) in [5.41, 5.74) is 6.80. The first-order valence-electron chi connectivity index (χ1n) is 6.37. The summed E-state index contributed by atoms with van der Waals surface area (Å²) in [7, 11) is 1.91. The fourth-order valence-corrected chi connectivity index (χ4v) is 2.61. The van der Waals surface area contributed by atoms with Crippen LogP contribution in [-0.4, -0.2) is 38.3 Å². The first kappa shape index (κ1) is 12.9. The van der Waals surface area contributed by atoms with E-state index in [9.17, 15) is 0 Å². The maximum absolute atomic E-state index is 8.72. The normalized spacial score (nSPS) is 17.8. The van der Waals surface area contributed by atoms with Crippen molar-refractivity contribution >= 4 is 5.84 Å². The van der Waals surface area contributed by atoms with Gasteiger partial charge in [-0.1, -0.05) is 18.0 Å². The van der Waals surface area contributed by atoms with Crippen molar-refractivity contribution in [1.29, 1.82) is 0 Å². The number of nitrogens with two attached hydrogens (primary N) is 1. The van der Waals surface area contributed by atoms with Crippen LogP contribution in [0.4, 0.5) is 0 Å². The van der Waals surface area contributed by atoms with Gasteiger partial charge in [-0.25, -0.2) is 0 Å². The molecule has 6 heteroatoms. The van der Waals surface area contributed by atoms with Gasteiger partial charge in [0.15, 0.2) is 5.84 Å². The summed E-state index contributed by atoms with van der Waals surface area (Å²) in [5.74, 6) is 0.269. The van der Waals surface area contributed by atoms with Crippen molar-refractivity contribution in [3.8, 4) is 0 Å². The quantitative estimate of drug-likeness (QED) is 0.353. The van der Waals surface area contributed by atoms with Gasteiger partial charge >= 0.3 is 0 Å². The second kappa shape index (κ2) is 5.86. The van der Waals surface area contributed by atoms with E-state index in [0.717, 1.165) is 12.1 Å². The Labute approximate surface area is 107 Å². The average molecular weight is 251 g/mol. The third-order valence-electron chi connectivity index (χ3n) is 3.48. The monoisotopic (exact) mass is 251 g/mol. The van der Waals surface area contributed by atoms with Gasteiger partial charge in [-0.3, -0.25) is 9.58 Å². The van der Waals surface area contributed by atoms with E-state index in [0.29, 0.717) is 12.6 Å². The summed E-state index contributed by atoms with van der Waals surface area (Å²) in [6, 6.07) is 0.533. The van der Waals surface area contributed by atoms with Gasteiger partial charge in [0.25, 0.3) is 0 Å². The van der Waals surface area contributed by atoms with Crippen LogP contribution in [0.1, 0.15) is 31.2 Å². The van der Waals surface area contributed by atoms with E-state index in [1.54, 1.807) is 4.68 Å². The van der Waals surface area contributed by atoms with E-state index < -0.39 is 0 Å². The maximum Gasteiger partial charge on any atom is 0.153 e. The summed E-state index contributed by atoms with van der Waals surface area (Å²) in [5, 5.41) is 16.0. The molecule has 1 saturated carbocycles. The van der Waals surface area contributed by atoms with E-state index >= 15 is 0 Å². The van der Waals surface area contributed by atoms with Crippen LogP contribution < -0.4 is 5.73 Å². The van der Waals surface area contributed by atoms with Crippen molar-refractivity contribution < 1.29 is 5.21 Å². The van der Waals surface area contributed by atoms with Gasteiger partial charge in [0, 0.05) is 31.4 Å². The molecule has 100 valence electrons. The van der Waals surface area contributed by atoms with Crippen LogP contribution in [0.3, 0.4) is 0 Å². The lowest BCUT2D eigenvalue weighted by molar-refractivity contribution is 0.214. The fraction of sp³-hybridized carbons (Fsp3) is 0.667. The lowest BCUT2D eigenvalue weighted by Gasteiger charge is -2.27. The van der Waals surface area contributed by atoms with Gasteiger partial charge in [-0.2, -0.15) is 5.10 Å². The van der Waals surface area contributed by atoms with Crippen molar-refractivity contribution in [2.24, 2.45) is 17.9 Å². The Bertz CT molecular complexity index is 408. The van der Waals surface area contributed by atoms with Gasteiger partial charge in [0.1, 0.15) is 0 Å². The maximum atomic E-state index is 8.72. The van der Waals surface area contributed by atoms with Gasteiger partial charge in [-0.05, 0) is 12.8 Å². The predicted octanol–water partition coefficient (Wildman–Crippen LogP) is 0.911. The van der Waals surface area contributed by atoms with Crippen LogP contribution in [0.2, 0.25) is 0 Å². The molecule has 1 aromatic rings. The number of nitrogens with zero attached hydrogens (tertiary/aromatic N) is 4. The number of hydrogen-bond acceptors (Lipinski definition) is 4. The first-order valence-corrected chi connectivity index (χ1v) is 6.37. The third kappa shape index (κ3) is 3.22. The molecule has 6 nitrogen and oxygen atoms in total. The van der Waals surface area contributed by atoms with E-state index in [-0.39, 0.29) is 5.84 Å². The number of aryl methyl sites for hydroxylation is 1. The second-order valence-electron chi connectivity index (χ2n) is 4.96. The minimum absolute atomic E-state index is 0.269. The SMILES string of the molecule is Cn1cc(CN(CC(N)=NO)C2CCCC2)cn1. The van der Waals surface area contributed by atoms with Gasteiger partial charge < -0.3 is 10.9 Å². The van der Waals surface area contributed by atoms with Crippen LogP contribution in [0.15, 0.2) is 17.5 Å². The summed E-state index contributed by atoms with van der Waals surface area (Å²) in [6.45, 7) is 1.31. The molecule has 1 aliphatic rings. The van der Waals surface area contributed by atoms with Gasteiger partial charge in [0.2, 0.25) is 0 Å². The van der Waals surface area contributed by atoms with Crippen molar-refractivity contribution in [2.45, 2.75) is 38.3 Å². The second-order valence-corrected chi connectivity index (χ2v) is 4.96. The highest BCUT2D eigenvalue weighted by Gasteiger charge is 2.23. The molecule has 0 amide bonds. The van der Waals surface area contributed by atoms with Crippen molar-refractivity contribution in [1.82, 2.24) is 14.7 Å². The molecule has 1 fully saturated rings. The molecule has 0 aromatic carbocycles. The number of oxime groups is 1. The molecule has 1 aliphatic carbocycles. The smallest absolute Gasteiger partial charge is 0.153 e. The van der Waals surface area contributed by atoms with Crippen LogP contribution in [-0.2, 0) is 13.6 Å². The van der Waals surface area contributed by atoms with Crippen molar-refractivity contribution in [3.05, 3.63) is 18.0 Å². The molecule has 3 N–H and O–H groups in total. The molecule has 0 radical (unpaired) electrons. The highest BCUT2D eigenvalue weighted by Crippen LogP contribution is 2.24. The Hall–Kier alpha value is -1.56. The van der Waals surface area contributed by atoms with Crippen molar-refractivity contribution in [2.75, 3.05) is 6.54 Å². The van der Waals surface area contributed by atoms with Gasteiger partial charge in [0.05, 0.1) is 12.7 Å². The lowest BCUT2D eigenvalue weighted by Crippen LogP contribution is -2.39. The topological polar surface area (TPSA) is 79.7 Å². The minimum Gasteiger partial charge on any atom is -0.409 e. The van der Waals surface area contributed by atoms with E-state index in [4.69, 9.17) is 10.9 Å². The average Bonchev–Trinajstić information content (AvgIpc) is 2.99. The van der Waals surface area contributed by atoms with Crippen molar-refractivity contribution in [3.63, 3.8) is 0 Å². The number of rotatable bonds is 5. The van der Waals surface area contributed by atoms with Gasteiger partial charge in [-0.15, -0.1) is 0 Å². The number of aromatic nitrogens is 2. The zero-order chi connectivity index (χ0) is 13.0. The molecular formula is C12H21N5O. The molecule has 0 unspecified atom stereocenters. The summed E-state index contributed by atoms with van der Waals surface area (Å²) >= 11 is 0. The van der Waals surface area contributed by atoms with Crippen LogP contribution in [0, 0.1) is 0 Å². The number of hydrogen-bond donors (Lipinski definition) is 2. The molecular weight excluding hydrogens is 230 g/mol. The van der Waals surface area contributed by atoms with E-state index in [1.165, 1.54) is 25.7 Å². The first-order chi connectivity index (χ1) is 8.69. The zero-order valence-electron chi connectivity index (χ0n) is 10.8. The van der Waals surface area contributed by atoms with Crippen LogP contribution in [0.5, 0.6) is 0 Å². The van der Waals surface area contributed by atoms with Crippen LogP contribution in [0.25, 0.3) is 0 Å². The Balaban J connectivity index is 2.03. The van der Waals surface area contributed by atoms with Crippen LogP contribution >= 0.6 is 0 Å². The molecule has 1 heterocycles. The van der Waals surface area contributed by atoms with E-state index in [1.807, 2.05) is 19.4 Å². The molecule has 0 saturated heterocycles. The molecule has 18 heavy (non-hydrogen) atoms. The summed E-state index contributed by atoms with van der Waals surface area (Å²) < 4.78 is 1.80. The van der Waals surface area contributed by atoms with E-state index in [2.05, 4.69) is 15.2 Å². The molecule has 0 atom stereocenters.